The van der Waals surface area contributed by atoms with E-state index in [-0.39, 0.29) is 5.54 Å². The Hall–Kier alpha value is -0.860. The first-order chi connectivity index (χ1) is 12.5. The van der Waals surface area contributed by atoms with Crippen LogP contribution in [-0.2, 0) is 10.0 Å². The number of nitrogens with one attached hydrogen (secondary N) is 3. The second-order valence-electron chi connectivity index (χ2n) is 7.71. The molecule has 0 spiro atoms. The number of hydrogen-bond donors (Lipinski definition) is 3. The van der Waals surface area contributed by atoms with Crippen molar-refractivity contribution >= 4 is 16.0 Å². The quantitative estimate of drug-likeness (QED) is 0.332. The Morgan fingerprint density at radius 1 is 1.00 bits per heavy atom. The van der Waals surface area contributed by atoms with Gasteiger partial charge < -0.3 is 10.6 Å². The first-order valence-corrected chi connectivity index (χ1v) is 12.0. The Morgan fingerprint density at radius 3 is 2.27 bits per heavy atom. The molecule has 1 saturated carbocycles. The highest BCUT2D eigenvalue weighted by molar-refractivity contribution is 7.88. The first kappa shape index (κ1) is 21.4. The summed E-state index contributed by atoms with van der Waals surface area (Å²) < 4.78 is 24.7. The Morgan fingerprint density at radius 2 is 1.65 bits per heavy atom. The maximum atomic E-state index is 11.1. The van der Waals surface area contributed by atoms with E-state index in [1.165, 1.54) is 70.7 Å². The molecule has 152 valence electrons. The van der Waals surface area contributed by atoms with E-state index in [1.807, 2.05) is 0 Å². The van der Waals surface area contributed by atoms with Gasteiger partial charge in [-0.3, -0.25) is 9.89 Å². The molecule has 0 aromatic carbocycles. The minimum atomic E-state index is -3.10. The van der Waals surface area contributed by atoms with Gasteiger partial charge in [0.1, 0.15) is 0 Å². The van der Waals surface area contributed by atoms with Crippen LogP contribution in [-0.4, -0.2) is 70.8 Å². The van der Waals surface area contributed by atoms with Gasteiger partial charge in [0.05, 0.1) is 6.26 Å². The summed E-state index contributed by atoms with van der Waals surface area (Å²) in [7, 11) is -1.31. The van der Waals surface area contributed by atoms with Crippen molar-refractivity contribution in [2.45, 2.75) is 63.3 Å². The molecule has 1 saturated heterocycles. The van der Waals surface area contributed by atoms with Crippen LogP contribution in [0.5, 0.6) is 0 Å². The van der Waals surface area contributed by atoms with E-state index in [0.717, 1.165) is 18.9 Å². The fraction of sp³-hybridized carbons (Fsp3) is 0.944. The van der Waals surface area contributed by atoms with Crippen LogP contribution in [0.1, 0.15) is 57.8 Å². The number of hydrogen-bond acceptors (Lipinski definition) is 4. The van der Waals surface area contributed by atoms with E-state index in [1.54, 1.807) is 7.05 Å². The maximum Gasteiger partial charge on any atom is 0.208 e. The molecule has 2 rings (SSSR count). The SMILES string of the molecule is CN=C(NCCCNS(C)(=O)=O)NCC1(N2CCCCC2)CCCCC1. The molecule has 0 amide bonds. The van der Waals surface area contributed by atoms with Crippen molar-refractivity contribution < 1.29 is 8.42 Å². The lowest BCUT2D eigenvalue weighted by atomic mass is 9.79. The highest BCUT2D eigenvalue weighted by Gasteiger charge is 2.38. The summed E-state index contributed by atoms with van der Waals surface area (Å²) >= 11 is 0. The molecule has 0 aromatic heterocycles. The van der Waals surface area contributed by atoms with Crippen LogP contribution < -0.4 is 15.4 Å². The molecule has 0 aromatic rings. The van der Waals surface area contributed by atoms with Gasteiger partial charge in [0.2, 0.25) is 10.0 Å². The Kier molecular flexibility index (Phi) is 8.63. The van der Waals surface area contributed by atoms with Crippen molar-refractivity contribution in [3.63, 3.8) is 0 Å². The van der Waals surface area contributed by atoms with Crippen LogP contribution in [0.15, 0.2) is 4.99 Å². The second-order valence-corrected chi connectivity index (χ2v) is 9.54. The van der Waals surface area contributed by atoms with Crippen LogP contribution in [0.4, 0.5) is 0 Å². The number of piperidine rings is 1. The molecule has 8 heteroatoms. The van der Waals surface area contributed by atoms with Gasteiger partial charge in [-0.05, 0) is 45.2 Å². The molecule has 2 fully saturated rings. The van der Waals surface area contributed by atoms with Crippen molar-refractivity contribution in [2.24, 2.45) is 4.99 Å². The molecule has 0 unspecified atom stereocenters. The molecule has 0 bridgehead atoms. The molecule has 3 N–H and O–H groups in total. The molecule has 1 heterocycles. The van der Waals surface area contributed by atoms with E-state index >= 15 is 0 Å². The fourth-order valence-electron chi connectivity index (χ4n) is 4.20. The van der Waals surface area contributed by atoms with Crippen LogP contribution in [0, 0.1) is 0 Å². The van der Waals surface area contributed by atoms with E-state index in [9.17, 15) is 8.42 Å². The molecular weight excluding hydrogens is 350 g/mol. The maximum absolute atomic E-state index is 11.1. The van der Waals surface area contributed by atoms with Crippen molar-refractivity contribution in [1.82, 2.24) is 20.3 Å². The third-order valence-corrected chi connectivity index (χ3v) is 6.36. The summed E-state index contributed by atoms with van der Waals surface area (Å²) in [5, 5.41) is 6.84. The summed E-state index contributed by atoms with van der Waals surface area (Å²) in [5.41, 5.74) is 0.272. The standard InChI is InChI=1S/C18H37N5O2S/c1-19-17(20-12-9-13-22-26(2,24)25)21-16-18(10-5-3-6-11-18)23-14-7-4-8-15-23/h22H,3-16H2,1-2H3,(H2,19,20,21). The molecule has 0 atom stereocenters. The lowest BCUT2D eigenvalue weighted by molar-refractivity contribution is 0.0368. The van der Waals surface area contributed by atoms with Crippen molar-refractivity contribution in [1.29, 1.82) is 0 Å². The molecule has 7 nitrogen and oxygen atoms in total. The number of sulfonamides is 1. The average Bonchev–Trinajstić information content (AvgIpc) is 2.64. The van der Waals surface area contributed by atoms with Gasteiger partial charge in [-0.15, -0.1) is 0 Å². The summed E-state index contributed by atoms with van der Waals surface area (Å²) in [4.78, 5) is 7.06. The molecule has 26 heavy (non-hydrogen) atoms. The summed E-state index contributed by atoms with van der Waals surface area (Å²) in [6, 6.07) is 0. The lowest BCUT2D eigenvalue weighted by Crippen LogP contribution is -2.59. The van der Waals surface area contributed by atoms with Crippen molar-refractivity contribution in [3.05, 3.63) is 0 Å². The smallest absolute Gasteiger partial charge is 0.208 e. The van der Waals surface area contributed by atoms with Gasteiger partial charge in [-0.1, -0.05) is 25.7 Å². The predicted octanol–water partition coefficient (Wildman–Crippen LogP) is 1.28. The average molecular weight is 388 g/mol. The monoisotopic (exact) mass is 387 g/mol. The Balaban J connectivity index is 1.80. The van der Waals surface area contributed by atoms with Crippen LogP contribution >= 0.6 is 0 Å². The zero-order valence-electron chi connectivity index (χ0n) is 16.5. The predicted molar refractivity (Wildman–Crippen MR) is 108 cm³/mol. The number of rotatable bonds is 8. The highest BCUT2D eigenvalue weighted by atomic mass is 32.2. The summed E-state index contributed by atoms with van der Waals surface area (Å²) in [6.45, 7) is 4.53. The van der Waals surface area contributed by atoms with Gasteiger partial charge in [0.25, 0.3) is 0 Å². The lowest BCUT2D eigenvalue weighted by Gasteiger charge is -2.48. The number of nitrogens with zero attached hydrogens (tertiary/aromatic N) is 2. The van der Waals surface area contributed by atoms with Crippen LogP contribution in [0.25, 0.3) is 0 Å². The zero-order chi connectivity index (χ0) is 18.9. The van der Waals surface area contributed by atoms with E-state index in [2.05, 4.69) is 25.2 Å². The van der Waals surface area contributed by atoms with Crippen LogP contribution in [0.3, 0.4) is 0 Å². The fourth-order valence-corrected chi connectivity index (χ4v) is 4.72. The van der Waals surface area contributed by atoms with Gasteiger partial charge in [0.15, 0.2) is 5.96 Å². The normalized spacial score (nSPS) is 22.2. The second kappa shape index (κ2) is 10.5. The minimum Gasteiger partial charge on any atom is -0.356 e. The first-order valence-electron chi connectivity index (χ1n) is 10.1. The Labute approximate surface area is 159 Å². The third-order valence-electron chi connectivity index (χ3n) is 5.63. The number of aliphatic imine (C=N–C) groups is 1. The third kappa shape index (κ3) is 7.04. The van der Waals surface area contributed by atoms with Crippen molar-refractivity contribution in [2.75, 3.05) is 46.0 Å². The highest BCUT2D eigenvalue weighted by Crippen LogP contribution is 2.35. The summed E-state index contributed by atoms with van der Waals surface area (Å²) in [5.74, 6) is 0.811. The van der Waals surface area contributed by atoms with E-state index in [0.29, 0.717) is 13.1 Å². The molecule has 1 aliphatic heterocycles. The zero-order valence-corrected chi connectivity index (χ0v) is 17.3. The van der Waals surface area contributed by atoms with Gasteiger partial charge >= 0.3 is 0 Å². The Bertz CT molecular complexity index is 538. The summed E-state index contributed by atoms with van der Waals surface area (Å²) in [6.07, 6.45) is 12.5. The largest absolute Gasteiger partial charge is 0.356 e. The molecule has 1 aliphatic carbocycles. The number of guanidine groups is 1. The molecule has 0 radical (unpaired) electrons. The minimum absolute atomic E-state index is 0.272. The van der Waals surface area contributed by atoms with Gasteiger partial charge in [-0.25, -0.2) is 13.1 Å². The molecule has 2 aliphatic rings. The molecular formula is C18H37N5O2S. The topological polar surface area (TPSA) is 85.8 Å². The van der Waals surface area contributed by atoms with Crippen LogP contribution in [0.2, 0.25) is 0 Å². The number of likely N-dealkylation sites (tertiary alicyclic amines) is 1. The van der Waals surface area contributed by atoms with Gasteiger partial charge in [0, 0.05) is 32.2 Å². The van der Waals surface area contributed by atoms with Crippen molar-refractivity contribution in [3.8, 4) is 0 Å². The van der Waals surface area contributed by atoms with E-state index in [4.69, 9.17) is 0 Å². The van der Waals surface area contributed by atoms with E-state index < -0.39 is 10.0 Å². The van der Waals surface area contributed by atoms with Gasteiger partial charge in [-0.2, -0.15) is 0 Å².